The topological polar surface area (TPSA) is 107 Å². The van der Waals surface area contributed by atoms with Crippen molar-refractivity contribution >= 4 is 34.3 Å². The standard InChI is InChI=1S/C14H13N3O4S/c1-10(18)15-11-6-2-3-7-12(11)16-22(21)14-9-5-4-8-13(14)17(19)20/h2-9,16H,1H3,(H,15,18). The Bertz CT molecular complexity index is 708. The van der Waals surface area contributed by atoms with Crippen LogP contribution in [0.4, 0.5) is 17.1 Å². The number of para-hydroxylation sites is 3. The molecule has 0 saturated carbocycles. The lowest BCUT2D eigenvalue weighted by Gasteiger charge is -2.14. The highest BCUT2D eigenvalue weighted by atomic mass is 32.2. The molecule has 0 bridgehead atoms. The van der Waals surface area contributed by atoms with E-state index in [0.717, 1.165) is 0 Å². The van der Waals surface area contributed by atoms with Crippen LogP contribution in [-0.4, -0.2) is 15.4 Å². The van der Waals surface area contributed by atoms with Crippen molar-refractivity contribution in [2.45, 2.75) is 11.8 Å². The molecule has 0 radical (unpaired) electrons. The van der Waals surface area contributed by atoms with Gasteiger partial charge in [-0.15, -0.1) is 0 Å². The van der Waals surface area contributed by atoms with Crippen LogP contribution in [0.1, 0.15) is 6.92 Å². The molecule has 0 aliphatic carbocycles. The molecule has 0 heterocycles. The maximum Gasteiger partial charge on any atom is 0.326 e. The van der Waals surface area contributed by atoms with E-state index in [-0.39, 0.29) is 16.5 Å². The Morgan fingerprint density at radius 1 is 1.09 bits per heavy atom. The number of benzene rings is 2. The number of hydrogen-bond acceptors (Lipinski definition) is 5. The van der Waals surface area contributed by atoms with Gasteiger partial charge >= 0.3 is 5.69 Å². The first-order valence-electron chi connectivity index (χ1n) is 6.27. The van der Waals surface area contributed by atoms with Crippen LogP contribution < -0.4 is 10.0 Å². The summed E-state index contributed by atoms with van der Waals surface area (Å²) >= 11 is -1.83. The number of nitrogens with one attached hydrogen (secondary N) is 2. The second-order valence-electron chi connectivity index (χ2n) is 4.32. The molecule has 2 aromatic carbocycles. The number of rotatable bonds is 5. The van der Waals surface area contributed by atoms with Crippen molar-refractivity contribution in [1.29, 1.82) is 0 Å². The van der Waals surface area contributed by atoms with Crippen molar-refractivity contribution < 1.29 is 14.3 Å². The SMILES string of the molecule is CC(=O)Nc1ccccc1N[S+]([O-])c1ccccc1[N+](=O)[O-]. The van der Waals surface area contributed by atoms with E-state index in [2.05, 4.69) is 10.0 Å². The molecule has 2 rings (SSSR count). The van der Waals surface area contributed by atoms with Crippen molar-refractivity contribution in [2.24, 2.45) is 0 Å². The zero-order chi connectivity index (χ0) is 16.1. The molecule has 8 heteroatoms. The Kier molecular flexibility index (Phi) is 4.97. The Labute approximate surface area is 129 Å². The molecule has 7 nitrogen and oxygen atoms in total. The van der Waals surface area contributed by atoms with Gasteiger partial charge in [0.15, 0.2) is 0 Å². The van der Waals surface area contributed by atoms with Gasteiger partial charge in [0.05, 0.1) is 10.6 Å². The summed E-state index contributed by atoms with van der Waals surface area (Å²) < 4.78 is 15.0. The van der Waals surface area contributed by atoms with Crippen LogP contribution in [0.25, 0.3) is 0 Å². The highest BCUT2D eigenvalue weighted by Gasteiger charge is 2.25. The third kappa shape index (κ3) is 3.74. The fourth-order valence-electron chi connectivity index (χ4n) is 1.79. The van der Waals surface area contributed by atoms with Crippen molar-refractivity contribution in [3.8, 4) is 0 Å². The molecule has 0 saturated heterocycles. The van der Waals surface area contributed by atoms with Crippen LogP contribution in [0.3, 0.4) is 0 Å². The average Bonchev–Trinajstić information content (AvgIpc) is 2.48. The van der Waals surface area contributed by atoms with Gasteiger partial charge in [-0.2, -0.15) is 0 Å². The summed E-state index contributed by atoms with van der Waals surface area (Å²) in [6, 6.07) is 12.5. The molecular formula is C14H13N3O4S. The van der Waals surface area contributed by atoms with Gasteiger partial charge in [0.2, 0.25) is 5.91 Å². The van der Waals surface area contributed by atoms with E-state index in [0.29, 0.717) is 11.4 Å². The van der Waals surface area contributed by atoms with E-state index in [9.17, 15) is 19.5 Å². The predicted octanol–water partition coefficient (Wildman–Crippen LogP) is 2.69. The van der Waals surface area contributed by atoms with Crippen molar-refractivity contribution in [2.75, 3.05) is 10.0 Å². The zero-order valence-electron chi connectivity index (χ0n) is 11.6. The van der Waals surface area contributed by atoms with Crippen LogP contribution in [0.2, 0.25) is 0 Å². The largest absolute Gasteiger partial charge is 0.588 e. The lowest BCUT2D eigenvalue weighted by molar-refractivity contribution is -0.387. The highest BCUT2D eigenvalue weighted by Crippen LogP contribution is 2.28. The number of carbonyl (C=O) groups excluding carboxylic acids is 1. The summed E-state index contributed by atoms with van der Waals surface area (Å²) in [5.74, 6) is -0.272. The van der Waals surface area contributed by atoms with E-state index in [1.807, 2.05) is 0 Å². The lowest BCUT2D eigenvalue weighted by Crippen LogP contribution is -2.16. The van der Waals surface area contributed by atoms with E-state index in [1.165, 1.54) is 25.1 Å². The molecule has 1 unspecified atom stereocenters. The maximum atomic E-state index is 12.4. The number of hydrogen-bond donors (Lipinski definition) is 2. The Morgan fingerprint density at radius 2 is 1.68 bits per heavy atom. The number of amides is 1. The third-order valence-corrected chi connectivity index (χ3v) is 3.85. The summed E-state index contributed by atoms with van der Waals surface area (Å²) in [7, 11) is 0. The van der Waals surface area contributed by atoms with Gasteiger partial charge in [-0.25, -0.2) is 4.72 Å². The van der Waals surface area contributed by atoms with Gasteiger partial charge in [0.25, 0.3) is 4.90 Å². The molecular weight excluding hydrogens is 306 g/mol. The third-order valence-electron chi connectivity index (χ3n) is 2.70. The quantitative estimate of drug-likeness (QED) is 0.500. The molecule has 1 atom stereocenters. The minimum atomic E-state index is -1.83. The zero-order valence-corrected chi connectivity index (χ0v) is 12.4. The summed E-state index contributed by atoms with van der Waals surface area (Å²) in [6.45, 7) is 1.36. The van der Waals surface area contributed by atoms with Gasteiger partial charge in [0, 0.05) is 19.1 Å². The number of nitro benzene ring substituents is 1. The Balaban J connectivity index is 2.28. The number of anilines is 2. The molecule has 114 valence electrons. The van der Waals surface area contributed by atoms with Gasteiger partial charge in [0.1, 0.15) is 17.0 Å². The van der Waals surface area contributed by atoms with Gasteiger partial charge in [-0.1, -0.05) is 24.3 Å². The Hall–Kier alpha value is -2.58. The van der Waals surface area contributed by atoms with E-state index in [4.69, 9.17) is 0 Å². The first-order chi connectivity index (χ1) is 10.5. The molecule has 0 aliphatic rings. The molecule has 0 fully saturated rings. The fraction of sp³-hybridized carbons (Fsp3) is 0.0714. The average molecular weight is 319 g/mol. The van der Waals surface area contributed by atoms with E-state index in [1.54, 1.807) is 30.3 Å². The summed E-state index contributed by atoms with van der Waals surface area (Å²) in [6.07, 6.45) is 0. The Morgan fingerprint density at radius 3 is 2.32 bits per heavy atom. The molecule has 22 heavy (non-hydrogen) atoms. The molecule has 0 spiro atoms. The molecule has 0 aliphatic heterocycles. The highest BCUT2D eigenvalue weighted by molar-refractivity contribution is 7.92. The summed E-state index contributed by atoms with van der Waals surface area (Å²) in [5.41, 5.74) is 0.626. The first kappa shape index (κ1) is 15.8. The van der Waals surface area contributed by atoms with Crippen LogP contribution in [0.15, 0.2) is 53.4 Å². The normalized spacial score (nSPS) is 11.5. The number of nitro groups is 1. The van der Waals surface area contributed by atoms with Gasteiger partial charge in [-0.05, 0) is 12.1 Å². The second-order valence-corrected chi connectivity index (χ2v) is 5.50. The number of carbonyl (C=O) groups is 1. The molecule has 0 aromatic heterocycles. The maximum absolute atomic E-state index is 12.4. The second kappa shape index (κ2) is 6.92. The smallest absolute Gasteiger partial charge is 0.326 e. The van der Waals surface area contributed by atoms with E-state index >= 15 is 0 Å². The summed E-state index contributed by atoms with van der Waals surface area (Å²) in [5, 5.41) is 13.6. The van der Waals surface area contributed by atoms with Gasteiger partial charge in [-0.3, -0.25) is 14.9 Å². The minimum absolute atomic E-state index is 0.0603. The van der Waals surface area contributed by atoms with Crippen molar-refractivity contribution in [1.82, 2.24) is 0 Å². The molecule has 2 aromatic rings. The van der Waals surface area contributed by atoms with E-state index < -0.39 is 16.3 Å². The van der Waals surface area contributed by atoms with Crippen molar-refractivity contribution in [3.05, 3.63) is 58.6 Å². The first-order valence-corrected chi connectivity index (χ1v) is 7.42. The van der Waals surface area contributed by atoms with Crippen molar-refractivity contribution in [3.63, 3.8) is 0 Å². The van der Waals surface area contributed by atoms with Crippen LogP contribution >= 0.6 is 0 Å². The predicted molar refractivity (Wildman–Crippen MR) is 83.9 cm³/mol. The summed E-state index contributed by atoms with van der Waals surface area (Å²) in [4.78, 5) is 21.6. The number of nitrogens with zero attached hydrogens (tertiary/aromatic N) is 1. The molecule has 1 amide bonds. The van der Waals surface area contributed by atoms with Gasteiger partial charge < -0.3 is 9.87 Å². The lowest BCUT2D eigenvalue weighted by atomic mass is 10.3. The molecule has 2 N–H and O–H groups in total. The van der Waals surface area contributed by atoms with Crippen LogP contribution in [0, 0.1) is 10.1 Å². The fourth-order valence-corrected chi connectivity index (χ4v) is 2.81. The minimum Gasteiger partial charge on any atom is -0.588 e. The van der Waals surface area contributed by atoms with Crippen LogP contribution in [0.5, 0.6) is 0 Å². The van der Waals surface area contributed by atoms with Crippen LogP contribution in [-0.2, 0) is 16.2 Å². The monoisotopic (exact) mass is 319 g/mol.